The van der Waals surface area contributed by atoms with E-state index in [1.807, 2.05) is 0 Å². The summed E-state index contributed by atoms with van der Waals surface area (Å²) in [5.41, 5.74) is 0.124. The molecule has 1 N–H and O–H groups in total. The van der Waals surface area contributed by atoms with Crippen LogP contribution in [0.15, 0.2) is 18.2 Å². The maximum absolute atomic E-state index is 13.9. The second-order valence-corrected chi connectivity index (χ2v) is 6.45. The van der Waals surface area contributed by atoms with Crippen molar-refractivity contribution in [2.45, 2.75) is 6.42 Å². The summed E-state index contributed by atoms with van der Waals surface area (Å²) in [6.07, 6.45) is 0.975. The van der Waals surface area contributed by atoms with Crippen LogP contribution >= 0.6 is 11.6 Å². The molecule has 2 saturated heterocycles. The van der Waals surface area contributed by atoms with E-state index in [1.165, 1.54) is 12.1 Å². The lowest BCUT2D eigenvalue weighted by Gasteiger charge is -2.29. The summed E-state index contributed by atoms with van der Waals surface area (Å²) < 4.78 is 19.2. The molecule has 0 aliphatic carbocycles. The number of nitrogens with one attached hydrogen (secondary N) is 1. The van der Waals surface area contributed by atoms with Gasteiger partial charge in [-0.3, -0.25) is 4.90 Å². The molecule has 0 aromatic heterocycles. The lowest BCUT2D eigenvalue weighted by molar-refractivity contribution is 0.0314. The molecule has 7 heteroatoms. The molecule has 2 heterocycles. The number of likely N-dealkylation sites (tertiary alicyclic amines) is 1. The molecule has 1 aromatic carbocycles. The summed E-state index contributed by atoms with van der Waals surface area (Å²) in [6, 6.07) is 4.32. The van der Waals surface area contributed by atoms with Crippen molar-refractivity contribution in [2.75, 3.05) is 51.3 Å². The summed E-state index contributed by atoms with van der Waals surface area (Å²) >= 11 is 5.73. The van der Waals surface area contributed by atoms with E-state index < -0.39 is 5.82 Å². The quantitative estimate of drug-likeness (QED) is 0.919. The molecular formula is C16H21ClFN3O2. The van der Waals surface area contributed by atoms with Gasteiger partial charge in [-0.1, -0.05) is 17.7 Å². The topological polar surface area (TPSA) is 44.8 Å². The van der Waals surface area contributed by atoms with Crippen LogP contribution in [0, 0.1) is 11.7 Å². The fourth-order valence-corrected chi connectivity index (χ4v) is 3.28. The number of nitrogens with zero attached hydrogens (tertiary/aromatic N) is 2. The smallest absolute Gasteiger partial charge is 0.321 e. The molecule has 0 spiro atoms. The molecule has 0 radical (unpaired) electrons. The summed E-state index contributed by atoms with van der Waals surface area (Å²) in [7, 11) is 0. The number of urea groups is 1. The Bertz CT molecular complexity index is 566. The van der Waals surface area contributed by atoms with E-state index in [-0.39, 0.29) is 16.7 Å². The minimum absolute atomic E-state index is 0.00872. The highest BCUT2D eigenvalue weighted by Gasteiger charge is 2.28. The molecule has 2 aliphatic heterocycles. The van der Waals surface area contributed by atoms with E-state index >= 15 is 0 Å². The van der Waals surface area contributed by atoms with Gasteiger partial charge in [-0.2, -0.15) is 0 Å². The summed E-state index contributed by atoms with van der Waals surface area (Å²) in [6.45, 7) is 5.86. The van der Waals surface area contributed by atoms with Crippen molar-refractivity contribution in [1.82, 2.24) is 9.80 Å². The van der Waals surface area contributed by atoms with Crippen molar-refractivity contribution in [3.05, 3.63) is 29.0 Å². The van der Waals surface area contributed by atoms with E-state index in [2.05, 4.69) is 10.2 Å². The molecule has 1 aromatic rings. The Hall–Kier alpha value is -1.37. The maximum Gasteiger partial charge on any atom is 0.321 e. The number of rotatable bonds is 3. The van der Waals surface area contributed by atoms with Crippen molar-refractivity contribution >= 4 is 23.3 Å². The molecule has 5 nitrogen and oxygen atoms in total. The first-order chi connectivity index (χ1) is 11.1. The van der Waals surface area contributed by atoms with Crippen LogP contribution in [-0.4, -0.2) is 61.8 Å². The number of benzene rings is 1. The van der Waals surface area contributed by atoms with Gasteiger partial charge in [0.1, 0.15) is 0 Å². The van der Waals surface area contributed by atoms with Crippen LogP contribution in [0.5, 0.6) is 0 Å². The first-order valence-electron chi connectivity index (χ1n) is 7.93. The Kier molecular flexibility index (Phi) is 5.35. The summed E-state index contributed by atoms with van der Waals surface area (Å²) in [5.74, 6) is -0.130. The standard InChI is InChI=1S/C16H21ClFN3O2/c17-13-2-1-3-14(15(13)18)19-16(22)21-5-4-12(11-21)10-20-6-8-23-9-7-20/h1-3,12H,4-11H2,(H,19,22)/t12-/m1/s1. The van der Waals surface area contributed by atoms with Crippen molar-refractivity contribution in [3.63, 3.8) is 0 Å². The summed E-state index contributed by atoms with van der Waals surface area (Å²) in [5, 5.41) is 2.62. The lowest BCUT2D eigenvalue weighted by atomic mass is 10.1. The number of amides is 2. The molecule has 0 unspecified atom stereocenters. The molecule has 0 bridgehead atoms. The molecular weight excluding hydrogens is 321 g/mol. The van der Waals surface area contributed by atoms with Gasteiger partial charge in [0.15, 0.2) is 5.82 Å². The first kappa shape index (κ1) is 16.5. The lowest BCUT2D eigenvalue weighted by Crippen LogP contribution is -2.40. The number of carbonyl (C=O) groups excluding carboxylic acids is 1. The molecule has 3 rings (SSSR count). The Morgan fingerprint density at radius 2 is 2.13 bits per heavy atom. The Balaban J connectivity index is 1.52. The SMILES string of the molecule is O=C(Nc1cccc(Cl)c1F)N1CC[C@H](CN2CCOCC2)C1. The van der Waals surface area contributed by atoms with E-state index in [4.69, 9.17) is 16.3 Å². The molecule has 23 heavy (non-hydrogen) atoms. The normalized spacial score (nSPS) is 22.3. The largest absolute Gasteiger partial charge is 0.379 e. The van der Waals surface area contributed by atoms with Crippen molar-refractivity contribution in [3.8, 4) is 0 Å². The third-order valence-electron chi connectivity index (χ3n) is 4.39. The van der Waals surface area contributed by atoms with E-state index in [0.717, 1.165) is 39.3 Å². The third kappa shape index (κ3) is 4.13. The van der Waals surface area contributed by atoms with Gasteiger partial charge in [0.25, 0.3) is 0 Å². The number of anilines is 1. The average Bonchev–Trinajstić information content (AvgIpc) is 3.01. The van der Waals surface area contributed by atoms with Crippen molar-refractivity contribution in [2.24, 2.45) is 5.92 Å². The van der Waals surface area contributed by atoms with Gasteiger partial charge in [-0.05, 0) is 24.5 Å². The predicted molar refractivity (Wildman–Crippen MR) is 87.4 cm³/mol. The monoisotopic (exact) mass is 341 g/mol. The molecule has 0 saturated carbocycles. The highest BCUT2D eigenvalue weighted by molar-refractivity contribution is 6.31. The molecule has 2 aliphatic rings. The highest BCUT2D eigenvalue weighted by atomic mass is 35.5. The zero-order valence-electron chi connectivity index (χ0n) is 12.9. The van der Waals surface area contributed by atoms with Crippen LogP contribution < -0.4 is 5.32 Å². The number of morpholine rings is 1. The van der Waals surface area contributed by atoms with Gasteiger partial charge in [-0.25, -0.2) is 9.18 Å². The van der Waals surface area contributed by atoms with Gasteiger partial charge in [0, 0.05) is 32.7 Å². The van der Waals surface area contributed by atoms with Crippen LogP contribution in [0.4, 0.5) is 14.9 Å². The van der Waals surface area contributed by atoms with E-state index in [0.29, 0.717) is 19.0 Å². The van der Waals surface area contributed by atoms with Gasteiger partial charge >= 0.3 is 6.03 Å². The molecule has 126 valence electrons. The van der Waals surface area contributed by atoms with Gasteiger partial charge in [0.2, 0.25) is 0 Å². The number of hydrogen-bond donors (Lipinski definition) is 1. The minimum atomic E-state index is -0.591. The fraction of sp³-hybridized carbons (Fsp3) is 0.562. The maximum atomic E-state index is 13.9. The van der Waals surface area contributed by atoms with Crippen LogP contribution in [-0.2, 0) is 4.74 Å². The third-order valence-corrected chi connectivity index (χ3v) is 4.68. The molecule has 1 atom stereocenters. The number of halogens is 2. The number of ether oxygens (including phenoxy) is 1. The zero-order chi connectivity index (χ0) is 16.2. The zero-order valence-corrected chi connectivity index (χ0v) is 13.7. The second kappa shape index (κ2) is 7.47. The Morgan fingerprint density at radius 3 is 2.91 bits per heavy atom. The van der Waals surface area contributed by atoms with Gasteiger partial charge < -0.3 is 15.0 Å². The molecule has 2 amide bonds. The fourth-order valence-electron chi connectivity index (χ4n) is 3.11. The summed E-state index contributed by atoms with van der Waals surface area (Å²) in [4.78, 5) is 16.4. The Labute approximate surface area is 140 Å². The van der Waals surface area contributed by atoms with E-state index in [1.54, 1.807) is 11.0 Å². The van der Waals surface area contributed by atoms with Crippen LogP contribution in [0.2, 0.25) is 5.02 Å². The number of hydrogen-bond acceptors (Lipinski definition) is 3. The highest BCUT2D eigenvalue weighted by Crippen LogP contribution is 2.24. The second-order valence-electron chi connectivity index (χ2n) is 6.05. The van der Waals surface area contributed by atoms with Gasteiger partial charge in [-0.15, -0.1) is 0 Å². The minimum Gasteiger partial charge on any atom is -0.379 e. The molecule has 2 fully saturated rings. The van der Waals surface area contributed by atoms with Crippen molar-refractivity contribution in [1.29, 1.82) is 0 Å². The van der Waals surface area contributed by atoms with Crippen LogP contribution in [0.3, 0.4) is 0 Å². The average molecular weight is 342 g/mol. The predicted octanol–water partition coefficient (Wildman–Crippen LogP) is 2.67. The van der Waals surface area contributed by atoms with Crippen LogP contribution in [0.25, 0.3) is 0 Å². The van der Waals surface area contributed by atoms with Crippen molar-refractivity contribution < 1.29 is 13.9 Å². The van der Waals surface area contributed by atoms with Gasteiger partial charge in [0.05, 0.1) is 23.9 Å². The Morgan fingerprint density at radius 1 is 1.35 bits per heavy atom. The number of carbonyl (C=O) groups is 1. The van der Waals surface area contributed by atoms with Crippen LogP contribution in [0.1, 0.15) is 6.42 Å². The van der Waals surface area contributed by atoms with E-state index in [9.17, 15) is 9.18 Å². The first-order valence-corrected chi connectivity index (χ1v) is 8.31.